The summed E-state index contributed by atoms with van der Waals surface area (Å²) in [5, 5.41) is 3.84. The number of benzene rings is 1. The number of sulfonamides is 1. The van der Waals surface area contributed by atoms with Crippen molar-refractivity contribution >= 4 is 20.9 Å². The van der Waals surface area contributed by atoms with Crippen molar-refractivity contribution in [1.82, 2.24) is 14.6 Å². The maximum atomic E-state index is 13.0. The van der Waals surface area contributed by atoms with Gasteiger partial charge in [0.25, 0.3) is 0 Å². The first-order chi connectivity index (χ1) is 10.6. The maximum absolute atomic E-state index is 13.0. The Hall–Kier alpha value is -1.50. The SMILES string of the molecule is CNC[C@H]1CCCN(S(=O)(=O)c2cccc3ncccc23)C1. The molecule has 2 aromatic rings. The summed E-state index contributed by atoms with van der Waals surface area (Å²) in [6.07, 6.45) is 3.67. The minimum Gasteiger partial charge on any atom is -0.319 e. The molecule has 1 N–H and O–H groups in total. The van der Waals surface area contributed by atoms with Gasteiger partial charge in [-0.05, 0) is 56.6 Å². The zero-order valence-corrected chi connectivity index (χ0v) is 13.5. The van der Waals surface area contributed by atoms with Gasteiger partial charge in [0.05, 0.1) is 10.4 Å². The second-order valence-corrected chi connectivity index (χ2v) is 7.66. The monoisotopic (exact) mass is 319 g/mol. The van der Waals surface area contributed by atoms with Crippen LogP contribution in [0, 0.1) is 5.92 Å². The first-order valence-corrected chi connectivity index (χ1v) is 9.05. The Morgan fingerprint density at radius 2 is 2.18 bits per heavy atom. The summed E-state index contributed by atoms with van der Waals surface area (Å²) in [4.78, 5) is 4.62. The van der Waals surface area contributed by atoms with Gasteiger partial charge in [-0.2, -0.15) is 4.31 Å². The number of nitrogens with one attached hydrogen (secondary N) is 1. The smallest absolute Gasteiger partial charge is 0.243 e. The molecule has 22 heavy (non-hydrogen) atoms. The van der Waals surface area contributed by atoms with E-state index in [4.69, 9.17) is 0 Å². The molecule has 0 aliphatic carbocycles. The zero-order valence-electron chi connectivity index (χ0n) is 12.7. The normalized spacial score (nSPS) is 20.3. The molecule has 1 aromatic heterocycles. The van der Waals surface area contributed by atoms with Crippen molar-refractivity contribution in [3.63, 3.8) is 0 Å². The minimum atomic E-state index is -3.47. The number of hydrogen-bond donors (Lipinski definition) is 1. The van der Waals surface area contributed by atoms with Gasteiger partial charge >= 0.3 is 0 Å². The van der Waals surface area contributed by atoms with E-state index >= 15 is 0 Å². The number of piperidine rings is 1. The van der Waals surface area contributed by atoms with Crippen LogP contribution in [0.5, 0.6) is 0 Å². The van der Waals surface area contributed by atoms with Crippen LogP contribution < -0.4 is 5.32 Å². The quantitative estimate of drug-likeness (QED) is 0.934. The molecular weight excluding hydrogens is 298 g/mol. The number of hydrogen-bond acceptors (Lipinski definition) is 4. The number of nitrogens with zero attached hydrogens (tertiary/aromatic N) is 2. The Kier molecular flexibility index (Phi) is 4.42. The number of aromatic nitrogens is 1. The molecule has 1 saturated heterocycles. The van der Waals surface area contributed by atoms with Crippen LogP contribution in [0.25, 0.3) is 10.9 Å². The van der Waals surface area contributed by atoms with Gasteiger partial charge in [-0.1, -0.05) is 6.07 Å². The standard InChI is InChI=1S/C16H21N3O2S/c1-17-11-13-5-4-10-19(12-13)22(20,21)16-8-2-7-15-14(16)6-3-9-18-15/h2-3,6-9,13,17H,4-5,10-12H2,1H3/t13-/m1/s1. The van der Waals surface area contributed by atoms with Crippen LogP contribution in [0.2, 0.25) is 0 Å². The van der Waals surface area contributed by atoms with Crippen molar-refractivity contribution in [1.29, 1.82) is 0 Å². The summed E-state index contributed by atoms with van der Waals surface area (Å²) >= 11 is 0. The Labute approximate surface area is 131 Å². The Bertz CT molecular complexity index is 754. The van der Waals surface area contributed by atoms with Crippen LogP contribution in [0.15, 0.2) is 41.4 Å². The average molecular weight is 319 g/mol. The molecule has 1 aromatic carbocycles. The van der Waals surface area contributed by atoms with E-state index in [9.17, 15) is 8.42 Å². The van der Waals surface area contributed by atoms with Crippen molar-refractivity contribution < 1.29 is 8.42 Å². The van der Waals surface area contributed by atoms with Crippen molar-refractivity contribution in [2.45, 2.75) is 17.7 Å². The Morgan fingerprint density at radius 3 is 3.00 bits per heavy atom. The van der Waals surface area contributed by atoms with Gasteiger partial charge < -0.3 is 5.32 Å². The summed E-state index contributed by atoms with van der Waals surface area (Å²) in [6.45, 7) is 2.03. The van der Waals surface area contributed by atoms with Crippen molar-refractivity contribution in [2.75, 3.05) is 26.7 Å². The van der Waals surface area contributed by atoms with Gasteiger partial charge in [0.15, 0.2) is 0 Å². The van der Waals surface area contributed by atoms with E-state index in [-0.39, 0.29) is 0 Å². The molecule has 0 radical (unpaired) electrons. The summed E-state index contributed by atoms with van der Waals surface area (Å²) in [7, 11) is -1.57. The van der Waals surface area contributed by atoms with Gasteiger partial charge in [-0.3, -0.25) is 4.98 Å². The zero-order chi connectivity index (χ0) is 15.6. The summed E-state index contributed by atoms with van der Waals surface area (Å²) < 4.78 is 27.7. The van der Waals surface area contributed by atoms with E-state index < -0.39 is 10.0 Å². The second-order valence-electron chi connectivity index (χ2n) is 5.76. The lowest BCUT2D eigenvalue weighted by atomic mass is 10.00. The highest BCUT2D eigenvalue weighted by Crippen LogP contribution is 2.27. The molecule has 0 unspecified atom stereocenters. The number of fused-ring (bicyclic) bond motifs is 1. The van der Waals surface area contributed by atoms with Crippen molar-refractivity contribution in [3.8, 4) is 0 Å². The number of pyridine rings is 1. The fourth-order valence-electron chi connectivity index (χ4n) is 3.14. The first-order valence-electron chi connectivity index (χ1n) is 7.61. The molecule has 5 nitrogen and oxygen atoms in total. The molecule has 1 aliphatic heterocycles. The first kappa shape index (κ1) is 15.4. The fraction of sp³-hybridized carbons (Fsp3) is 0.438. The number of rotatable bonds is 4. The third-order valence-corrected chi connectivity index (χ3v) is 6.12. The van der Waals surface area contributed by atoms with Crippen LogP contribution >= 0.6 is 0 Å². The minimum absolute atomic E-state index is 0.364. The van der Waals surface area contributed by atoms with Crippen LogP contribution in [-0.2, 0) is 10.0 Å². The molecule has 0 saturated carbocycles. The average Bonchev–Trinajstić information content (AvgIpc) is 2.55. The molecule has 1 atom stereocenters. The van der Waals surface area contributed by atoms with E-state index in [1.54, 1.807) is 28.7 Å². The van der Waals surface area contributed by atoms with Gasteiger partial charge in [0.2, 0.25) is 10.0 Å². The van der Waals surface area contributed by atoms with Crippen LogP contribution in [0.3, 0.4) is 0 Å². The van der Waals surface area contributed by atoms with Gasteiger partial charge in [0.1, 0.15) is 0 Å². The van der Waals surface area contributed by atoms with E-state index in [0.29, 0.717) is 34.8 Å². The van der Waals surface area contributed by atoms with E-state index in [1.165, 1.54) is 0 Å². The molecule has 1 aliphatic rings. The van der Waals surface area contributed by atoms with Gasteiger partial charge in [0, 0.05) is 24.7 Å². The highest BCUT2D eigenvalue weighted by molar-refractivity contribution is 7.89. The summed E-state index contributed by atoms with van der Waals surface area (Å²) in [5.41, 5.74) is 0.715. The molecule has 0 bridgehead atoms. The van der Waals surface area contributed by atoms with Gasteiger partial charge in [-0.25, -0.2) is 8.42 Å². The van der Waals surface area contributed by atoms with Crippen LogP contribution in [-0.4, -0.2) is 44.4 Å². The van der Waals surface area contributed by atoms with Crippen LogP contribution in [0.1, 0.15) is 12.8 Å². The third-order valence-electron chi connectivity index (χ3n) is 4.20. The highest BCUT2D eigenvalue weighted by Gasteiger charge is 2.31. The fourth-order valence-corrected chi connectivity index (χ4v) is 4.90. The molecule has 2 heterocycles. The highest BCUT2D eigenvalue weighted by atomic mass is 32.2. The predicted octanol–water partition coefficient (Wildman–Crippen LogP) is 1.85. The molecule has 1 fully saturated rings. The molecule has 3 rings (SSSR count). The maximum Gasteiger partial charge on any atom is 0.243 e. The summed E-state index contributed by atoms with van der Waals surface area (Å²) in [6, 6.07) is 8.89. The largest absolute Gasteiger partial charge is 0.319 e. The molecule has 0 amide bonds. The lowest BCUT2D eigenvalue weighted by Gasteiger charge is -2.32. The van der Waals surface area contributed by atoms with E-state index in [1.807, 2.05) is 19.2 Å². The third kappa shape index (κ3) is 2.86. The van der Waals surface area contributed by atoms with E-state index in [2.05, 4.69) is 10.3 Å². The van der Waals surface area contributed by atoms with Crippen molar-refractivity contribution in [3.05, 3.63) is 36.5 Å². The van der Waals surface area contributed by atoms with Gasteiger partial charge in [-0.15, -0.1) is 0 Å². The second kappa shape index (κ2) is 6.32. The van der Waals surface area contributed by atoms with Crippen LogP contribution in [0.4, 0.5) is 0 Å². The lowest BCUT2D eigenvalue weighted by Crippen LogP contribution is -2.42. The van der Waals surface area contributed by atoms with E-state index in [0.717, 1.165) is 19.4 Å². The lowest BCUT2D eigenvalue weighted by molar-refractivity contribution is 0.263. The Morgan fingerprint density at radius 1 is 1.32 bits per heavy atom. The van der Waals surface area contributed by atoms with Crippen molar-refractivity contribution in [2.24, 2.45) is 5.92 Å². The topological polar surface area (TPSA) is 62.3 Å². The molecule has 0 spiro atoms. The molecular formula is C16H21N3O2S. The Balaban J connectivity index is 1.98. The molecule has 6 heteroatoms. The molecule has 118 valence electrons. The summed E-state index contributed by atoms with van der Waals surface area (Å²) in [5.74, 6) is 0.377. The predicted molar refractivity (Wildman–Crippen MR) is 87.2 cm³/mol.